The van der Waals surface area contributed by atoms with Crippen molar-refractivity contribution in [3.63, 3.8) is 0 Å². The van der Waals surface area contributed by atoms with Crippen molar-refractivity contribution in [2.24, 2.45) is 0 Å². The molecule has 1 aliphatic heterocycles. The molecular weight excluding hydrogens is 274 g/mol. The molecule has 1 aromatic carbocycles. The number of nitrogens with one attached hydrogen (secondary N) is 1. The highest BCUT2D eigenvalue weighted by molar-refractivity contribution is 7.99. The Kier molecular flexibility index (Phi) is 6.05. The molecule has 1 N–H and O–H groups in total. The molecule has 0 fully saturated rings. The fourth-order valence-corrected chi connectivity index (χ4v) is 2.88. The van der Waals surface area contributed by atoms with Crippen LogP contribution in [0.3, 0.4) is 0 Å². The minimum atomic E-state index is 0.0469. The van der Waals surface area contributed by atoms with E-state index in [1.165, 1.54) is 12.8 Å². The first-order valence-corrected chi connectivity index (χ1v) is 8.22. The SMILES string of the molecule is CCCCSCCC(=O)Nc1ccc2c(c1)OCCO2. The Hall–Kier alpha value is -1.36. The van der Waals surface area contributed by atoms with Crippen molar-refractivity contribution in [3.05, 3.63) is 18.2 Å². The average Bonchev–Trinajstić information content (AvgIpc) is 2.47. The summed E-state index contributed by atoms with van der Waals surface area (Å²) in [5.41, 5.74) is 0.762. The summed E-state index contributed by atoms with van der Waals surface area (Å²) in [5, 5.41) is 2.90. The van der Waals surface area contributed by atoms with Gasteiger partial charge in [-0.2, -0.15) is 11.8 Å². The highest BCUT2D eigenvalue weighted by Crippen LogP contribution is 2.32. The number of rotatable bonds is 7. The molecule has 0 unspecified atom stereocenters. The van der Waals surface area contributed by atoms with Gasteiger partial charge in [0, 0.05) is 23.9 Å². The van der Waals surface area contributed by atoms with Crippen LogP contribution in [-0.4, -0.2) is 30.6 Å². The Morgan fingerprint density at radius 1 is 1.25 bits per heavy atom. The van der Waals surface area contributed by atoms with Gasteiger partial charge in [0.15, 0.2) is 11.5 Å². The first-order chi connectivity index (χ1) is 9.79. The van der Waals surface area contributed by atoms with Crippen LogP contribution in [0, 0.1) is 0 Å². The van der Waals surface area contributed by atoms with Crippen LogP contribution in [0.4, 0.5) is 5.69 Å². The second-order valence-electron chi connectivity index (χ2n) is 4.62. The van der Waals surface area contributed by atoms with Gasteiger partial charge in [-0.1, -0.05) is 13.3 Å². The number of unbranched alkanes of at least 4 members (excludes halogenated alkanes) is 1. The first kappa shape index (κ1) is 15.0. The van der Waals surface area contributed by atoms with Gasteiger partial charge < -0.3 is 14.8 Å². The second-order valence-corrected chi connectivity index (χ2v) is 5.85. The molecule has 0 radical (unpaired) electrons. The lowest BCUT2D eigenvalue weighted by molar-refractivity contribution is -0.115. The molecule has 4 nitrogen and oxygen atoms in total. The number of carbonyl (C=O) groups is 1. The van der Waals surface area contributed by atoms with E-state index < -0.39 is 0 Å². The van der Waals surface area contributed by atoms with Gasteiger partial charge in [-0.15, -0.1) is 0 Å². The standard InChI is InChI=1S/C15H21NO3S/c1-2-3-9-20-10-6-15(17)16-12-4-5-13-14(11-12)19-8-7-18-13/h4-5,11H,2-3,6-10H2,1H3,(H,16,17). The maximum Gasteiger partial charge on any atom is 0.225 e. The monoisotopic (exact) mass is 295 g/mol. The van der Waals surface area contributed by atoms with Crippen LogP contribution in [0.2, 0.25) is 0 Å². The Morgan fingerprint density at radius 3 is 2.85 bits per heavy atom. The predicted octanol–water partition coefficient (Wildman–Crippen LogP) is 3.32. The predicted molar refractivity (Wildman–Crippen MR) is 82.9 cm³/mol. The van der Waals surface area contributed by atoms with Crippen LogP contribution in [0.5, 0.6) is 11.5 Å². The number of carbonyl (C=O) groups excluding carboxylic acids is 1. The number of hydrogen-bond acceptors (Lipinski definition) is 4. The van der Waals surface area contributed by atoms with Crippen LogP contribution in [0.15, 0.2) is 18.2 Å². The van der Waals surface area contributed by atoms with Crippen LogP contribution in [0.1, 0.15) is 26.2 Å². The molecule has 0 aliphatic carbocycles. The van der Waals surface area contributed by atoms with E-state index >= 15 is 0 Å². The fraction of sp³-hybridized carbons (Fsp3) is 0.533. The molecule has 0 bridgehead atoms. The molecule has 1 amide bonds. The summed E-state index contributed by atoms with van der Waals surface area (Å²) in [7, 11) is 0. The molecule has 0 aromatic heterocycles. The highest BCUT2D eigenvalue weighted by atomic mass is 32.2. The number of benzene rings is 1. The molecule has 0 saturated carbocycles. The van der Waals surface area contributed by atoms with Gasteiger partial charge in [-0.3, -0.25) is 4.79 Å². The maximum atomic E-state index is 11.8. The molecular formula is C15H21NO3S. The molecule has 1 aromatic rings. The van der Waals surface area contributed by atoms with Crippen molar-refractivity contribution in [2.45, 2.75) is 26.2 Å². The minimum Gasteiger partial charge on any atom is -0.486 e. The van der Waals surface area contributed by atoms with Gasteiger partial charge >= 0.3 is 0 Å². The quantitative estimate of drug-likeness (QED) is 0.784. The van der Waals surface area contributed by atoms with Crippen molar-refractivity contribution in [1.29, 1.82) is 0 Å². The van der Waals surface area contributed by atoms with Crippen LogP contribution in [-0.2, 0) is 4.79 Å². The van der Waals surface area contributed by atoms with E-state index in [9.17, 15) is 4.79 Å². The molecule has 0 saturated heterocycles. The third kappa shape index (κ3) is 4.63. The third-order valence-electron chi connectivity index (χ3n) is 2.94. The summed E-state index contributed by atoms with van der Waals surface area (Å²) in [4.78, 5) is 11.8. The van der Waals surface area contributed by atoms with Gasteiger partial charge in [-0.05, 0) is 24.3 Å². The Bertz CT molecular complexity index is 451. The van der Waals surface area contributed by atoms with Crippen molar-refractivity contribution in [2.75, 3.05) is 30.0 Å². The Labute approximate surface area is 124 Å². The number of hydrogen-bond donors (Lipinski definition) is 1. The molecule has 110 valence electrons. The molecule has 0 atom stereocenters. The van der Waals surface area contributed by atoms with Crippen LogP contribution >= 0.6 is 11.8 Å². The van der Waals surface area contributed by atoms with Gasteiger partial charge in [0.2, 0.25) is 5.91 Å². The van der Waals surface area contributed by atoms with Crippen molar-refractivity contribution in [3.8, 4) is 11.5 Å². The number of fused-ring (bicyclic) bond motifs is 1. The lowest BCUT2D eigenvalue weighted by atomic mass is 10.2. The van der Waals surface area contributed by atoms with Crippen LogP contribution < -0.4 is 14.8 Å². The molecule has 1 aliphatic rings. The van der Waals surface area contributed by atoms with Gasteiger partial charge in [0.25, 0.3) is 0 Å². The minimum absolute atomic E-state index is 0.0469. The van der Waals surface area contributed by atoms with Crippen molar-refractivity contribution in [1.82, 2.24) is 0 Å². The Morgan fingerprint density at radius 2 is 2.05 bits per heavy atom. The zero-order valence-electron chi connectivity index (χ0n) is 11.8. The number of anilines is 1. The second kappa shape index (κ2) is 8.04. The van der Waals surface area contributed by atoms with E-state index in [4.69, 9.17) is 9.47 Å². The van der Waals surface area contributed by atoms with E-state index in [2.05, 4.69) is 12.2 Å². The summed E-state index contributed by atoms with van der Waals surface area (Å²) in [6.07, 6.45) is 2.97. The Balaban J connectivity index is 1.76. The number of amides is 1. The maximum absolute atomic E-state index is 11.8. The van der Waals surface area contributed by atoms with Gasteiger partial charge in [0.05, 0.1) is 0 Å². The summed E-state index contributed by atoms with van der Waals surface area (Å²) in [6, 6.07) is 5.49. The van der Waals surface area contributed by atoms with E-state index in [1.54, 1.807) is 0 Å². The number of thioether (sulfide) groups is 1. The van der Waals surface area contributed by atoms with E-state index in [1.807, 2.05) is 30.0 Å². The fourth-order valence-electron chi connectivity index (χ4n) is 1.86. The summed E-state index contributed by atoms with van der Waals surface area (Å²) < 4.78 is 10.9. The molecule has 2 rings (SSSR count). The average molecular weight is 295 g/mol. The van der Waals surface area contributed by atoms with E-state index in [0.29, 0.717) is 25.4 Å². The highest BCUT2D eigenvalue weighted by Gasteiger charge is 2.12. The van der Waals surface area contributed by atoms with Gasteiger partial charge in [-0.25, -0.2) is 0 Å². The van der Waals surface area contributed by atoms with Crippen molar-refractivity contribution >= 4 is 23.4 Å². The summed E-state index contributed by atoms with van der Waals surface area (Å²) in [5.74, 6) is 3.49. The third-order valence-corrected chi connectivity index (χ3v) is 4.01. The normalized spacial score (nSPS) is 13.1. The van der Waals surface area contributed by atoms with E-state index in [-0.39, 0.29) is 5.91 Å². The topological polar surface area (TPSA) is 47.6 Å². The molecule has 20 heavy (non-hydrogen) atoms. The number of ether oxygens (including phenoxy) is 2. The molecule has 1 heterocycles. The summed E-state index contributed by atoms with van der Waals surface area (Å²) in [6.45, 7) is 3.31. The zero-order valence-corrected chi connectivity index (χ0v) is 12.6. The van der Waals surface area contributed by atoms with Crippen LogP contribution in [0.25, 0.3) is 0 Å². The van der Waals surface area contributed by atoms with Gasteiger partial charge in [0.1, 0.15) is 13.2 Å². The largest absolute Gasteiger partial charge is 0.486 e. The smallest absolute Gasteiger partial charge is 0.225 e. The first-order valence-electron chi connectivity index (χ1n) is 7.07. The lowest BCUT2D eigenvalue weighted by Gasteiger charge is -2.19. The molecule has 0 spiro atoms. The van der Waals surface area contributed by atoms with E-state index in [0.717, 1.165) is 22.9 Å². The molecule has 5 heteroatoms. The van der Waals surface area contributed by atoms with Crippen molar-refractivity contribution < 1.29 is 14.3 Å². The lowest BCUT2D eigenvalue weighted by Crippen LogP contribution is -2.16. The summed E-state index contributed by atoms with van der Waals surface area (Å²) >= 11 is 1.83. The zero-order chi connectivity index (χ0) is 14.2.